The van der Waals surface area contributed by atoms with E-state index in [4.69, 9.17) is 4.74 Å². The van der Waals surface area contributed by atoms with E-state index in [1.54, 1.807) is 19.2 Å². The van der Waals surface area contributed by atoms with Crippen LogP contribution in [0.15, 0.2) is 47.4 Å². The summed E-state index contributed by atoms with van der Waals surface area (Å²) in [6.07, 6.45) is 0. The summed E-state index contributed by atoms with van der Waals surface area (Å²) in [6, 6.07) is 11.0. The molecular formula is C16H16N2O5S. The minimum absolute atomic E-state index is 0.0233. The molecule has 0 aliphatic heterocycles. The number of phenolic OH excluding ortho intramolecular Hbond substituents is 1. The van der Waals surface area contributed by atoms with Crippen molar-refractivity contribution in [1.82, 2.24) is 5.32 Å². The van der Waals surface area contributed by atoms with E-state index in [1.807, 2.05) is 12.1 Å². The minimum atomic E-state index is -0.551. The molecule has 8 heteroatoms. The zero-order valence-electron chi connectivity index (χ0n) is 12.9. The summed E-state index contributed by atoms with van der Waals surface area (Å²) in [5.74, 6) is 0.609. The molecule has 0 spiro atoms. The van der Waals surface area contributed by atoms with Crippen molar-refractivity contribution in [2.24, 2.45) is 0 Å². The van der Waals surface area contributed by atoms with Crippen molar-refractivity contribution >= 4 is 23.4 Å². The van der Waals surface area contributed by atoms with Crippen LogP contribution in [-0.4, -0.2) is 28.8 Å². The summed E-state index contributed by atoms with van der Waals surface area (Å²) in [4.78, 5) is 23.0. The fourth-order valence-electron chi connectivity index (χ4n) is 1.89. The van der Waals surface area contributed by atoms with Crippen molar-refractivity contribution in [3.05, 3.63) is 58.1 Å². The molecule has 2 rings (SSSR count). The molecule has 0 aromatic heterocycles. The van der Waals surface area contributed by atoms with Gasteiger partial charge in [0.15, 0.2) is 0 Å². The van der Waals surface area contributed by atoms with Gasteiger partial charge in [-0.2, -0.15) is 0 Å². The van der Waals surface area contributed by atoms with Gasteiger partial charge in [-0.25, -0.2) is 0 Å². The van der Waals surface area contributed by atoms with Crippen LogP contribution in [0.2, 0.25) is 0 Å². The molecule has 0 heterocycles. The third kappa shape index (κ3) is 4.88. The standard InChI is InChI=1S/C16H16N2O5S/c1-23-13-3-5-14(6-4-13)24-10-16(20)17-9-11-8-12(18(21)22)2-7-15(11)19/h2-8,19H,9-10H2,1H3,(H,17,20). The number of rotatable bonds is 7. The van der Waals surface area contributed by atoms with E-state index >= 15 is 0 Å². The highest BCUT2D eigenvalue weighted by atomic mass is 32.2. The molecule has 2 N–H and O–H groups in total. The van der Waals surface area contributed by atoms with Crippen LogP contribution in [-0.2, 0) is 11.3 Å². The maximum absolute atomic E-state index is 11.9. The smallest absolute Gasteiger partial charge is 0.270 e. The Labute approximate surface area is 142 Å². The van der Waals surface area contributed by atoms with Gasteiger partial charge in [0.25, 0.3) is 5.69 Å². The van der Waals surface area contributed by atoms with Crippen LogP contribution < -0.4 is 10.1 Å². The van der Waals surface area contributed by atoms with E-state index in [0.29, 0.717) is 5.56 Å². The number of nitrogens with one attached hydrogen (secondary N) is 1. The first-order valence-electron chi connectivity index (χ1n) is 6.99. The Hall–Kier alpha value is -2.74. The average molecular weight is 348 g/mol. The second-order valence-electron chi connectivity index (χ2n) is 4.81. The highest BCUT2D eigenvalue weighted by molar-refractivity contribution is 8.00. The van der Waals surface area contributed by atoms with Crippen molar-refractivity contribution in [3.63, 3.8) is 0 Å². The Balaban J connectivity index is 1.86. The molecule has 0 saturated heterocycles. The second kappa shape index (κ2) is 8.21. The number of non-ortho nitro benzene ring substituents is 1. The van der Waals surface area contributed by atoms with Crippen LogP contribution >= 0.6 is 11.8 Å². The molecule has 0 unspecified atom stereocenters. The van der Waals surface area contributed by atoms with Gasteiger partial charge in [0.2, 0.25) is 5.91 Å². The number of nitro groups is 1. The van der Waals surface area contributed by atoms with Gasteiger partial charge in [0.05, 0.1) is 17.8 Å². The van der Waals surface area contributed by atoms with E-state index in [0.717, 1.165) is 10.6 Å². The monoisotopic (exact) mass is 348 g/mol. The normalized spacial score (nSPS) is 10.2. The first-order chi connectivity index (χ1) is 11.5. The fraction of sp³-hybridized carbons (Fsp3) is 0.188. The van der Waals surface area contributed by atoms with E-state index in [1.165, 1.54) is 30.0 Å². The number of phenols is 1. The third-order valence-corrected chi connectivity index (χ3v) is 4.19. The van der Waals surface area contributed by atoms with Gasteiger partial charge in [-0.05, 0) is 30.3 Å². The summed E-state index contributed by atoms with van der Waals surface area (Å²) in [5.41, 5.74) is 0.164. The molecular weight excluding hydrogens is 332 g/mol. The Morgan fingerprint density at radius 3 is 2.62 bits per heavy atom. The zero-order chi connectivity index (χ0) is 17.5. The molecule has 2 aromatic rings. The Bertz CT molecular complexity index is 734. The van der Waals surface area contributed by atoms with Gasteiger partial charge in [0.1, 0.15) is 11.5 Å². The summed E-state index contributed by atoms with van der Waals surface area (Å²) in [5, 5.41) is 23.1. The number of aromatic hydroxyl groups is 1. The maximum Gasteiger partial charge on any atom is 0.270 e. The minimum Gasteiger partial charge on any atom is -0.508 e. The van der Waals surface area contributed by atoms with Crippen LogP contribution in [0.1, 0.15) is 5.56 Å². The van der Waals surface area contributed by atoms with Crippen molar-refractivity contribution in [2.45, 2.75) is 11.4 Å². The largest absolute Gasteiger partial charge is 0.508 e. The number of ether oxygens (including phenoxy) is 1. The Morgan fingerprint density at radius 2 is 2.00 bits per heavy atom. The maximum atomic E-state index is 11.9. The number of nitrogens with zero attached hydrogens (tertiary/aromatic N) is 1. The number of carbonyl (C=O) groups excluding carboxylic acids is 1. The molecule has 0 atom stereocenters. The average Bonchev–Trinajstić information content (AvgIpc) is 2.59. The van der Waals surface area contributed by atoms with E-state index in [-0.39, 0.29) is 29.6 Å². The van der Waals surface area contributed by atoms with Crippen molar-refractivity contribution in [2.75, 3.05) is 12.9 Å². The van der Waals surface area contributed by atoms with E-state index < -0.39 is 4.92 Å². The first kappa shape index (κ1) is 17.6. The zero-order valence-corrected chi connectivity index (χ0v) is 13.7. The van der Waals surface area contributed by atoms with Crippen molar-refractivity contribution < 1.29 is 19.6 Å². The quantitative estimate of drug-likeness (QED) is 0.453. The number of thioether (sulfide) groups is 1. The fourth-order valence-corrected chi connectivity index (χ4v) is 2.62. The number of benzene rings is 2. The van der Waals surface area contributed by atoms with Gasteiger partial charge in [-0.1, -0.05) is 0 Å². The number of hydrogen-bond donors (Lipinski definition) is 2. The third-order valence-electron chi connectivity index (χ3n) is 3.18. The number of methoxy groups -OCH3 is 1. The molecule has 0 bridgehead atoms. The van der Waals surface area contributed by atoms with E-state index in [9.17, 15) is 20.0 Å². The number of amides is 1. The molecule has 7 nitrogen and oxygen atoms in total. The van der Waals surface area contributed by atoms with Gasteiger partial charge < -0.3 is 15.2 Å². The lowest BCUT2D eigenvalue weighted by molar-refractivity contribution is -0.384. The second-order valence-corrected chi connectivity index (χ2v) is 5.86. The van der Waals surface area contributed by atoms with Crippen LogP contribution in [0.4, 0.5) is 5.69 Å². The molecule has 0 aliphatic carbocycles. The van der Waals surface area contributed by atoms with Crippen molar-refractivity contribution in [3.8, 4) is 11.5 Å². The van der Waals surface area contributed by atoms with Gasteiger partial charge in [0, 0.05) is 29.1 Å². The van der Waals surface area contributed by atoms with Crippen LogP contribution in [0, 0.1) is 10.1 Å². The summed E-state index contributed by atoms with van der Waals surface area (Å²) in [6.45, 7) is 0.0233. The highest BCUT2D eigenvalue weighted by Gasteiger charge is 2.11. The van der Waals surface area contributed by atoms with Crippen LogP contribution in [0.5, 0.6) is 11.5 Å². The lowest BCUT2D eigenvalue weighted by Gasteiger charge is -2.07. The lowest BCUT2D eigenvalue weighted by atomic mass is 10.2. The summed E-state index contributed by atoms with van der Waals surface area (Å²) >= 11 is 1.36. The molecule has 2 aromatic carbocycles. The predicted octanol–water partition coefficient (Wildman–Crippen LogP) is 2.72. The van der Waals surface area contributed by atoms with Gasteiger partial charge >= 0.3 is 0 Å². The Morgan fingerprint density at radius 1 is 1.29 bits per heavy atom. The first-order valence-corrected chi connectivity index (χ1v) is 7.98. The van der Waals surface area contributed by atoms with E-state index in [2.05, 4.69) is 5.32 Å². The van der Waals surface area contributed by atoms with Gasteiger partial charge in [-0.15, -0.1) is 11.8 Å². The van der Waals surface area contributed by atoms with Crippen molar-refractivity contribution in [1.29, 1.82) is 0 Å². The highest BCUT2D eigenvalue weighted by Crippen LogP contribution is 2.23. The molecule has 0 aliphatic rings. The van der Waals surface area contributed by atoms with Crippen LogP contribution in [0.3, 0.4) is 0 Å². The Kier molecular flexibility index (Phi) is 6.02. The summed E-state index contributed by atoms with van der Waals surface area (Å²) < 4.78 is 5.06. The molecule has 24 heavy (non-hydrogen) atoms. The summed E-state index contributed by atoms with van der Waals surface area (Å²) in [7, 11) is 1.58. The molecule has 126 valence electrons. The van der Waals surface area contributed by atoms with Gasteiger partial charge in [-0.3, -0.25) is 14.9 Å². The number of carbonyl (C=O) groups is 1. The lowest BCUT2D eigenvalue weighted by Crippen LogP contribution is -2.24. The predicted molar refractivity (Wildman–Crippen MR) is 90.3 cm³/mol. The SMILES string of the molecule is COc1ccc(SCC(=O)NCc2cc([N+](=O)[O-])ccc2O)cc1. The van der Waals surface area contributed by atoms with Crippen LogP contribution in [0.25, 0.3) is 0 Å². The molecule has 0 fully saturated rings. The topological polar surface area (TPSA) is 102 Å². The molecule has 0 radical (unpaired) electrons. The number of hydrogen-bond acceptors (Lipinski definition) is 6. The number of nitro benzene ring substituents is 1. The molecule has 0 saturated carbocycles. The molecule has 1 amide bonds.